The zero-order valence-electron chi connectivity index (χ0n) is 10.1. The van der Waals surface area contributed by atoms with Gasteiger partial charge in [-0.2, -0.15) is 0 Å². The van der Waals surface area contributed by atoms with Crippen LogP contribution in [0.4, 0.5) is 0 Å². The molecular weight excluding hydrogens is 321 g/mol. The molecule has 0 amide bonds. The van der Waals surface area contributed by atoms with Crippen LogP contribution in [-0.2, 0) is 6.54 Å². The molecule has 0 atom stereocenters. The van der Waals surface area contributed by atoms with E-state index in [1.165, 1.54) is 19.3 Å². The van der Waals surface area contributed by atoms with Gasteiger partial charge in [0.05, 0.1) is 0 Å². The standard InChI is InChI=1S/C13H18BrCl2N/c1-17(8-4-2-3-7-14)10-11-5-6-12(15)9-13(11)16/h5-6,9H,2-4,7-8,10H2,1H3. The predicted octanol–water partition coefficient (Wildman–Crippen LogP) is 4.99. The van der Waals surface area contributed by atoms with Crippen LogP contribution < -0.4 is 0 Å². The molecular formula is C13H18BrCl2N. The first-order valence-corrected chi connectivity index (χ1v) is 7.69. The minimum Gasteiger partial charge on any atom is -0.302 e. The van der Waals surface area contributed by atoms with Gasteiger partial charge in [0.25, 0.3) is 0 Å². The normalized spacial score (nSPS) is 11.1. The Balaban J connectivity index is 2.37. The SMILES string of the molecule is CN(CCCCCBr)Cc1ccc(Cl)cc1Cl. The van der Waals surface area contributed by atoms with Gasteiger partial charge in [0.15, 0.2) is 0 Å². The number of benzene rings is 1. The lowest BCUT2D eigenvalue weighted by Crippen LogP contribution is -2.19. The smallest absolute Gasteiger partial charge is 0.0465 e. The molecule has 0 saturated heterocycles. The number of halogens is 3. The Bertz CT molecular complexity index is 344. The van der Waals surface area contributed by atoms with Gasteiger partial charge in [-0.3, -0.25) is 0 Å². The van der Waals surface area contributed by atoms with Crippen molar-refractivity contribution in [1.82, 2.24) is 4.90 Å². The molecule has 1 nitrogen and oxygen atoms in total. The molecule has 0 fully saturated rings. The zero-order valence-corrected chi connectivity index (χ0v) is 13.2. The van der Waals surface area contributed by atoms with E-state index in [2.05, 4.69) is 27.9 Å². The highest BCUT2D eigenvalue weighted by molar-refractivity contribution is 9.09. The van der Waals surface area contributed by atoms with Crippen molar-refractivity contribution >= 4 is 39.1 Å². The summed E-state index contributed by atoms with van der Waals surface area (Å²) in [6, 6.07) is 5.69. The van der Waals surface area contributed by atoms with Crippen LogP contribution in [0.3, 0.4) is 0 Å². The van der Waals surface area contributed by atoms with E-state index in [1.54, 1.807) is 6.07 Å². The van der Waals surface area contributed by atoms with Gasteiger partial charge in [0.1, 0.15) is 0 Å². The number of alkyl halides is 1. The van der Waals surface area contributed by atoms with Crippen molar-refractivity contribution < 1.29 is 0 Å². The largest absolute Gasteiger partial charge is 0.302 e. The maximum Gasteiger partial charge on any atom is 0.0465 e. The molecule has 1 aromatic carbocycles. The molecule has 0 unspecified atom stereocenters. The van der Waals surface area contributed by atoms with Crippen LogP contribution in [0, 0.1) is 0 Å². The third-order valence-electron chi connectivity index (χ3n) is 2.63. The lowest BCUT2D eigenvalue weighted by Gasteiger charge is -2.17. The summed E-state index contributed by atoms with van der Waals surface area (Å²) < 4.78 is 0. The fourth-order valence-electron chi connectivity index (χ4n) is 1.67. The molecule has 0 radical (unpaired) electrons. The maximum absolute atomic E-state index is 6.14. The molecule has 96 valence electrons. The summed E-state index contributed by atoms with van der Waals surface area (Å²) in [6.45, 7) is 1.98. The Kier molecular flexibility index (Phi) is 7.52. The van der Waals surface area contributed by atoms with E-state index in [0.717, 1.165) is 29.0 Å². The van der Waals surface area contributed by atoms with E-state index in [0.29, 0.717) is 5.02 Å². The quantitative estimate of drug-likeness (QED) is 0.500. The van der Waals surface area contributed by atoms with E-state index in [4.69, 9.17) is 23.2 Å². The molecule has 0 spiro atoms. The van der Waals surface area contributed by atoms with Crippen LogP contribution >= 0.6 is 39.1 Å². The van der Waals surface area contributed by atoms with E-state index in [9.17, 15) is 0 Å². The molecule has 1 rings (SSSR count). The monoisotopic (exact) mass is 337 g/mol. The van der Waals surface area contributed by atoms with Crippen molar-refractivity contribution in [3.63, 3.8) is 0 Å². The van der Waals surface area contributed by atoms with Gasteiger partial charge >= 0.3 is 0 Å². The molecule has 4 heteroatoms. The first-order valence-electron chi connectivity index (χ1n) is 5.82. The van der Waals surface area contributed by atoms with Gasteiger partial charge in [-0.25, -0.2) is 0 Å². The molecule has 0 aliphatic rings. The van der Waals surface area contributed by atoms with Crippen molar-refractivity contribution in [3.8, 4) is 0 Å². The summed E-state index contributed by atoms with van der Waals surface area (Å²) >= 11 is 15.5. The van der Waals surface area contributed by atoms with Crippen molar-refractivity contribution in [1.29, 1.82) is 0 Å². The molecule has 0 heterocycles. The van der Waals surface area contributed by atoms with E-state index in [1.807, 2.05) is 12.1 Å². The Hall–Kier alpha value is 0.240. The van der Waals surface area contributed by atoms with Gasteiger partial charge in [0.2, 0.25) is 0 Å². The summed E-state index contributed by atoms with van der Waals surface area (Å²) in [5.74, 6) is 0. The minimum atomic E-state index is 0.693. The highest BCUT2D eigenvalue weighted by atomic mass is 79.9. The van der Waals surface area contributed by atoms with Gasteiger partial charge in [0, 0.05) is 21.9 Å². The van der Waals surface area contributed by atoms with Gasteiger partial charge in [-0.15, -0.1) is 0 Å². The number of hydrogen-bond donors (Lipinski definition) is 0. The highest BCUT2D eigenvalue weighted by Gasteiger charge is 2.04. The topological polar surface area (TPSA) is 3.24 Å². The Morgan fingerprint density at radius 3 is 2.59 bits per heavy atom. The van der Waals surface area contributed by atoms with Crippen LogP contribution in [0.1, 0.15) is 24.8 Å². The predicted molar refractivity (Wildman–Crippen MR) is 80.4 cm³/mol. The second-order valence-electron chi connectivity index (χ2n) is 4.22. The summed E-state index contributed by atoms with van der Waals surface area (Å²) in [5.41, 5.74) is 1.14. The lowest BCUT2D eigenvalue weighted by molar-refractivity contribution is 0.318. The summed E-state index contributed by atoms with van der Waals surface area (Å²) in [6.07, 6.45) is 3.74. The van der Waals surface area contributed by atoms with Crippen LogP contribution in [0.2, 0.25) is 10.0 Å². The Morgan fingerprint density at radius 1 is 1.18 bits per heavy atom. The third-order valence-corrected chi connectivity index (χ3v) is 3.78. The molecule has 0 aliphatic carbocycles. The van der Waals surface area contributed by atoms with Crippen LogP contribution in [0.25, 0.3) is 0 Å². The van der Waals surface area contributed by atoms with E-state index >= 15 is 0 Å². The van der Waals surface area contributed by atoms with Crippen molar-refractivity contribution in [2.24, 2.45) is 0 Å². The minimum absolute atomic E-state index is 0.693. The Morgan fingerprint density at radius 2 is 1.94 bits per heavy atom. The number of nitrogens with zero attached hydrogens (tertiary/aromatic N) is 1. The molecule has 0 aromatic heterocycles. The van der Waals surface area contributed by atoms with Crippen molar-refractivity contribution in [2.75, 3.05) is 18.9 Å². The maximum atomic E-state index is 6.14. The molecule has 17 heavy (non-hydrogen) atoms. The molecule has 0 aliphatic heterocycles. The van der Waals surface area contributed by atoms with Gasteiger partial charge in [-0.05, 0) is 44.1 Å². The molecule has 0 saturated carbocycles. The van der Waals surface area contributed by atoms with Crippen LogP contribution in [-0.4, -0.2) is 23.8 Å². The first-order chi connectivity index (χ1) is 8.13. The molecule has 0 bridgehead atoms. The second kappa shape index (κ2) is 8.36. The summed E-state index contributed by atoms with van der Waals surface area (Å²) in [5, 5.41) is 2.54. The third kappa shape index (κ3) is 6.10. The van der Waals surface area contributed by atoms with Gasteiger partial charge in [-0.1, -0.05) is 51.6 Å². The van der Waals surface area contributed by atoms with Crippen molar-refractivity contribution in [2.45, 2.75) is 25.8 Å². The van der Waals surface area contributed by atoms with E-state index < -0.39 is 0 Å². The summed E-state index contributed by atoms with van der Waals surface area (Å²) in [7, 11) is 2.12. The van der Waals surface area contributed by atoms with Crippen LogP contribution in [0.5, 0.6) is 0 Å². The van der Waals surface area contributed by atoms with Crippen molar-refractivity contribution in [3.05, 3.63) is 33.8 Å². The fourth-order valence-corrected chi connectivity index (χ4v) is 2.54. The summed E-state index contributed by atoms with van der Waals surface area (Å²) in [4.78, 5) is 2.29. The lowest BCUT2D eigenvalue weighted by atomic mass is 10.2. The average molecular weight is 339 g/mol. The van der Waals surface area contributed by atoms with Crippen LogP contribution in [0.15, 0.2) is 18.2 Å². The number of rotatable bonds is 7. The molecule has 0 N–H and O–H groups in total. The number of unbranched alkanes of at least 4 members (excludes halogenated alkanes) is 2. The van der Waals surface area contributed by atoms with E-state index in [-0.39, 0.29) is 0 Å². The fraction of sp³-hybridized carbons (Fsp3) is 0.538. The number of hydrogen-bond acceptors (Lipinski definition) is 1. The average Bonchev–Trinajstić information content (AvgIpc) is 2.28. The second-order valence-corrected chi connectivity index (χ2v) is 5.86. The zero-order chi connectivity index (χ0) is 12.7. The first kappa shape index (κ1) is 15.3. The van der Waals surface area contributed by atoms with Gasteiger partial charge < -0.3 is 4.90 Å². The highest BCUT2D eigenvalue weighted by Crippen LogP contribution is 2.22. The Labute approximate surface area is 122 Å². The molecule has 1 aromatic rings.